The minimum Gasteiger partial charge on any atom is -0.466 e. The summed E-state index contributed by atoms with van der Waals surface area (Å²) in [5.74, 6) is 0.590. The lowest BCUT2D eigenvalue weighted by Gasteiger charge is -2.24. The van der Waals surface area contributed by atoms with Gasteiger partial charge in [-0.2, -0.15) is 0 Å². The summed E-state index contributed by atoms with van der Waals surface area (Å²) in [4.78, 5) is 16.1. The quantitative estimate of drug-likeness (QED) is 0.842. The summed E-state index contributed by atoms with van der Waals surface area (Å²) in [6, 6.07) is 6.74. The van der Waals surface area contributed by atoms with Crippen molar-refractivity contribution < 1.29 is 19.0 Å². The molecule has 2 fully saturated rings. The number of ether oxygens (including phenoxy) is 1. The van der Waals surface area contributed by atoms with Gasteiger partial charge in [0.05, 0.1) is 24.1 Å². The highest BCUT2D eigenvalue weighted by molar-refractivity contribution is 5.82. The number of carbonyl (C=O) groups is 1. The van der Waals surface area contributed by atoms with E-state index < -0.39 is 5.60 Å². The smallest absolute Gasteiger partial charge is 0.308 e. The first-order valence-corrected chi connectivity index (χ1v) is 9.39. The highest BCUT2D eigenvalue weighted by atomic mass is 19.1. The molecule has 1 aromatic heterocycles. The molecule has 1 heterocycles. The Hall–Kier alpha value is -2.01. The van der Waals surface area contributed by atoms with Gasteiger partial charge in [-0.1, -0.05) is 0 Å². The fourth-order valence-electron chi connectivity index (χ4n) is 5.15. The Kier molecular flexibility index (Phi) is 4.43. The van der Waals surface area contributed by atoms with Crippen molar-refractivity contribution in [3.8, 4) is 0 Å². The van der Waals surface area contributed by atoms with Gasteiger partial charge in [0.25, 0.3) is 0 Å². The molecule has 0 bridgehead atoms. The first-order valence-electron chi connectivity index (χ1n) is 9.39. The molecule has 0 saturated heterocycles. The maximum atomic E-state index is 13.7. The molecule has 4 nitrogen and oxygen atoms in total. The molecule has 0 spiro atoms. The lowest BCUT2D eigenvalue weighted by molar-refractivity contribution is -0.148. The molecule has 4 rings (SSSR count). The first-order chi connectivity index (χ1) is 12.5. The maximum absolute atomic E-state index is 13.7. The molecule has 2 saturated carbocycles. The Labute approximate surface area is 152 Å². The molecule has 0 radical (unpaired) electrons. The Morgan fingerprint density at radius 2 is 2.04 bits per heavy atom. The van der Waals surface area contributed by atoms with Crippen LogP contribution in [0.5, 0.6) is 0 Å². The van der Waals surface area contributed by atoms with Crippen molar-refractivity contribution in [3.05, 3.63) is 41.8 Å². The van der Waals surface area contributed by atoms with E-state index in [1.807, 2.05) is 6.07 Å². The molecule has 138 valence electrons. The lowest BCUT2D eigenvalue weighted by atomic mass is 9.88. The number of hydrogen-bond acceptors (Lipinski definition) is 4. The van der Waals surface area contributed by atoms with Crippen LogP contribution in [-0.4, -0.2) is 28.3 Å². The average molecular weight is 357 g/mol. The Morgan fingerprint density at radius 3 is 2.73 bits per heavy atom. The first kappa shape index (κ1) is 17.4. The summed E-state index contributed by atoms with van der Waals surface area (Å²) in [5.41, 5.74) is 1.04. The number of fused-ring (bicyclic) bond motifs is 2. The fraction of sp³-hybridized carbons (Fsp3) is 0.524. The second-order valence-corrected chi connectivity index (χ2v) is 7.86. The third-order valence-electron chi connectivity index (χ3n) is 6.08. The highest BCUT2D eigenvalue weighted by Crippen LogP contribution is 2.55. The zero-order valence-electron chi connectivity index (χ0n) is 15.0. The van der Waals surface area contributed by atoms with Gasteiger partial charge in [0.2, 0.25) is 0 Å². The number of esters is 1. The van der Waals surface area contributed by atoms with Crippen LogP contribution >= 0.6 is 0 Å². The van der Waals surface area contributed by atoms with Gasteiger partial charge in [0, 0.05) is 11.6 Å². The minimum absolute atomic E-state index is 0.0852. The van der Waals surface area contributed by atoms with Gasteiger partial charge < -0.3 is 9.84 Å². The molecule has 2 aliphatic carbocycles. The van der Waals surface area contributed by atoms with Crippen LogP contribution in [0.2, 0.25) is 0 Å². The van der Waals surface area contributed by atoms with E-state index in [0.29, 0.717) is 37.2 Å². The second-order valence-electron chi connectivity index (χ2n) is 7.86. The number of aromatic nitrogens is 1. The van der Waals surface area contributed by atoms with Crippen molar-refractivity contribution in [1.82, 2.24) is 4.98 Å². The van der Waals surface area contributed by atoms with Crippen molar-refractivity contribution in [3.63, 3.8) is 0 Å². The summed E-state index contributed by atoms with van der Waals surface area (Å²) < 4.78 is 18.7. The highest BCUT2D eigenvalue weighted by Gasteiger charge is 2.49. The van der Waals surface area contributed by atoms with E-state index in [2.05, 4.69) is 4.98 Å². The van der Waals surface area contributed by atoms with Crippen molar-refractivity contribution in [2.45, 2.75) is 50.5 Å². The standard InChI is InChI=1S/C21H24FNO3/c1-2-26-20(24)12-21(25)10-14-7-13(8-15(14)11-21)17-5-6-23-19-4-3-16(22)9-18(17)19/h3-6,9,13-15,25H,2,7-8,10-12H2,1H3/t13-,14-,15?,21+/m1/s1. The monoisotopic (exact) mass is 357 g/mol. The Balaban J connectivity index is 1.50. The third-order valence-corrected chi connectivity index (χ3v) is 6.08. The number of rotatable bonds is 4. The zero-order chi connectivity index (χ0) is 18.3. The predicted molar refractivity (Wildman–Crippen MR) is 96.1 cm³/mol. The van der Waals surface area contributed by atoms with Gasteiger partial charge in [-0.15, -0.1) is 0 Å². The van der Waals surface area contributed by atoms with Crippen molar-refractivity contribution >= 4 is 16.9 Å². The van der Waals surface area contributed by atoms with E-state index in [1.165, 1.54) is 6.07 Å². The Bertz CT molecular complexity index is 823. The van der Waals surface area contributed by atoms with Crippen LogP contribution in [0.25, 0.3) is 10.9 Å². The molecule has 2 aliphatic rings. The van der Waals surface area contributed by atoms with Crippen LogP contribution < -0.4 is 0 Å². The molecular weight excluding hydrogens is 333 g/mol. The predicted octanol–water partition coefficient (Wildman–Crippen LogP) is 3.96. The molecule has 1 aromatic carbocycles. The van der Waals surface area contributed by atoms with Crippen LogP contribution in [0, 0.1) is 17.7 Å². The van der Waals surface area contributed by atoms with Gasteiger partial charge in [-0.25, -0.2) is 4.39 Å². The summed E-state index contributed by atoms with van der Waals surface area (Å²) >= 11 is 0. The molecule has 0 aliphatic heterocycles. The summed E-state index contributed by atoms with van der Waals surface area (Å²) in [6.45, 7) is 2.12. The van der Waals surface area contributed by atoms with E-state index in [1.54, 1.807) is 25.3 Å². The number of carbonyl (C=O) groups excluding carboxylic acids is 1. The second kappa shape index (κ2) is 6.62. The SMILES string of the molecule is CCOC(=O)C[C@@]1(O)CC2C[C@H](c3ccnc4ccc(F)cc34)C[C@@H]2C1. The molecular formula is C21H24FNO3. The van der Waals surface area contributed by atoms with Crippen LogP contribution in [0.3, 0.4) is 0 Å². The van der Waals surface area contributed by atoms with Crippen LogP contribution in [0.15, 0.2) is 30.5 Å². The van der Waals surface area contributed by atoms with Crippen molar-refractivity contribution in [1.29, 1.82) is 0 Å². The number of halogens is 1. The van der Waals surface area contributed by atoms with Gasteiger partial charge in [0.1, 0.15) is 5.82 Å². The topological polar surface area (TPSA) is 59.4 Å². The van der Waals surface area contributed by atoms with Gasteiger partial charge >= 0.3 is 5.97 Å². The van der Waals surface area contributed by atoms with E-state index in [9.17, 15) is 14.3 Å². The number of benzene rings is 1. The number of hydrogen-bond donors (Lipinski definition) is 1. The molecule has 4 atom stereocenters. The summed E-state index contributed by atoms with van der Waals surface area (Å²) in [5, 5.41) is 11.7. The van der Waals surface area contributed by atoms with E-state index >= 15 is 0 Å². The average Bonchev–Trinajstić information content (AvgIpc) is 3.08. The van der Waals surface area contributed by atoms with Crippen molar-refractivity contribution in [2.75, 3.05) is 6.61 Å². The molecule has 26 heavy (non-hydrogen) atoms. The molecule has 2 aromatic rings. The van der Waals surface area contributed by atoms with E-state index in [4.69, 9.17) is 4.74 Å². The minimum atomic E-state index is -0.932. The van der Waals surface area contributed by atoms with Crippen molar-refractivity contribution in [2.24, 2.45) is 11.8 Å². The molecule has 1 N–H and O–H groups in total. The van der Waals surface area contributed by atoms with E-state index in [-0.39, 0.29) is 18.2 Å². The van der Waals surface area contributed by atoms with Gasteiger partial charge in [0.15, 0.2) is 0 Å². The molecule has 1 unspecified atom stereocenters. The molecule has 5 heteroatoms. The van der Waals surface area contributed by atoms with Crippen LogP contribution in [0.1, 0.15) is 50.5 Å². The summed E-state index contributed by atoms with van der Waals surface area (Å²) in [7, 11) is 0. The van der Waals surface area contributed by atoms with Gasteiger partial charge in [-0.05, 0) is 80.2 Å². The number of nitrogens with zero attached hydrogens (tertiary/aromatic N) is 1. The van der Waals surface area contributed by atoms with E-state index in [0.717, 1.165) is 29.3 Å². The van der Waals surface area contributed by atoms with Gasteiger partial charge in [-0.3, -0.25) is 9.78 Å². The Morgan fingerprint density at radius 1 is 1.31 bits per heavy atom. The zero-order valence-corrected chi connectivity index (χ0v) is 15.0. The normalized spacial score (nSPS) is 30.5. The molecule has 0 amide bonds. The van der Waals surface area contributed by atoms with Crippen LogP contribution in [0.4, 0.5) is 4.39 Å². The summed E-state index contributed by atoms with van der Waals surface area (Å²) in [6.07, 6.45) is 5.09. The van der Waals surface area contributed by atoms with Crippen LogP contribution in [-0.2, 0) is 9.53 Å². The number of aliphatic hydroxyl groups is 1. The largest absolute Gasteiger partial charge is 0.466 e. The fourth-order valence-corrected chi connectivity index (χ4v) is 5.15. The lowest BCUT2D eigenvalue weighted by Crippen LogP contribution is -2.30. The number of pyridine rings is 1. The maximum Gasteiger partial charge on any atom is 0.308 e. The third kappa shape index (κ3) is 3.20.